The van der Waals surface area contributed by atoms with Gasteiger partial charge in [-0.1, -0.05) is 19.1 Å². The molecule has 0 amide bonds. The molecule has 118 valence electrons. The summed E-state index contributed by atoms with van der Waals surface area (Å²) in [4.78, 5) is 11.2. The van der Waals surface area contributed by atoms with Crippen LogP contribution >= 0.6 is 0 Å². The van der Waals surface area contributed by atoms with E-state index in [9.17, 15) is 18.0 Å². The predicted molar refractivity (Wildman–Crippen MR) is 73.5 cm³/mol. The molecule has 0 aliphatic carbocycles. The molecule has 0 aliphatic rings. The highest BCUT2D eigenvalue weighted by molar-refractivity contribution is 5.75. The van der Waals surface area contributed by atoms with Gasteiger partial charge in [0.1, 0.15) is 6.04 Å². The van der Waals surface area contributed by atoms with Crippen LogP contribution in [0, 0.1) is 5.92 Å². The van der Waals surface area contributed by atoms with E-state index in [1.807, 2.05) is 6.92 Å². The summed E-state index contributed by atoms with van der Waals surface area (Å²) in [6, 6.07) is 4.49. The molecule has 0 aliphatic heterocycles. The van der Waals surface area contributed by atoms with Gasteiger partial charge in [0, 0.05) is 0 Å². The van der Waals surface area contributed by atoms with Gasteiger partial charge in [0.15, 0.2) is 0 Å². The number of hydrogen-bond acceptors (Lipinski definition) is 3. The highest BCUT2D eigenvalue weighted by atomic mass is 19.4. The van der Waals surface area contributed by atoms with Crippen molar-refractivity contribution in [2.24, 2.45) is 11.7 Å². The zero-order valence-electron chi connectivity index (χ0n) is 12.1. The number of esters is 1. The molecule has 0 heterocycles. The van der Waals surface area contributed by atoms with Gasteiger partial charge < -0.3 is 10.5 Å². The minimum absolute atomic E-state index is 0.220. The Morgan fingerprint density at radius 2 is 1.81 bits per heavy atom. The summed E-state index contributed by atoms with van der Waals surface area (Å²) in [5, 5.41) is 0. The molecule has 0 fully saturated rings. The van der Waals surface area contributed by atoms with E-state index in [0.717, 1.165) is 17.7 Å². The molecule has 0 saturated heterocycles. The molecule has 1 aromatic carbocycles. The number of nitrogens with two attached hydrogens (primary N) is 1. The summed E-state index contributed by atoms with van der Waals surface area (Å²) >= 11 is 0. The number of ether oxygens (including phenoxy) is 1. The van der Waals surface area contributed by atoms with E-state index in [0.29, 0.717) is 19.3 Å². The first-order valence-electron chi connectivity index (χ1n) is 6.73. The quantitative estimate of drug-likeness (QED) is 0.821. The highest BCUT2D eigenvalue weighted by Gasteiger charge is 2.29. The lowest BCUT2D eigenvalue weighted by Gasteiger charge is -2.15. The van der Waals surface area contributed by atoms with Crippen molar-refractivity contribution in [3.8, 4) is 0 Å². The standard InChI is InChI=1S/C15H20F3NO2/c1-10(3-8-13(19)14(20)21-2)9-11-4-6-12(7-5-11)15(16,17)18/h4-7,10,13H,3,8-9,19H2,1-2H3. The Kier molecular flexibility index (Phi) is 6.20. The normalized spacial score (nSPS) is 14.6. The summed E-state index contributed by atoms with van der Waals surface area (Å²) in [5.74, 6) is -0.228. The summed E-state index contributed by atoms with van der Waals surface area (Å²) in [6.45, 7) is 1.97. The van der Waals surface area contributed by atoms with Gasteiger partial charge in [-0.15, -0.1) is 0 Å². The number of alkyl halides is 3. The Morgan fingerprint density at radius 1 is 1.24 bits per heavy atom. The first-order chi connectivity index (χ1) is 9.74. The molecular formula is C15H20F3NO2. The number of methoxy groups -OCH3 is 1. The maximum absolute atomic E-state index is 12.4. The van der Waals surface area contributed by atoms with E-state index in [2.05, 4.69) is 4.74 Å². The molecule has 6 heteroatoms. The van der Waals surface area contributed by atoms with Gasteiger partial charge >= 0.3 is 12.1 Å². The molecule has 1 rings (SSSR count). The van der Waals surface area contributed by atoms with Gasteiger partial charge in [0.05, 0.1) is 12.7 Å². The summed E-state index contributed by atoms with van der Waals surface area (Å²) in [5.41, 5.74) is 5.83. The average Bonchev–Trinajstić information content (AvgIpc) is 2.43. The second kappa shape index (κ2) is 7.45. The topological polar surface area (TPSA) is 52.3 Å². The third kappa shape index (κ3) is 5.75. The van der Waals surface area contributed by atoms with Crippen LogP contribution in [0.25, 0.3) is 0 Å². The van der Waals surface area contributed by atoms with Crippen molar-refractivity contribution in [3.05, 3.63) is 35.4 Å². The maximum atomic E-state index is 12.4. The van der Waals surface area contributed by atoms with Crippen LogP contribution in [0.4, 0.5) is 13.2 Å². The van der Waals surface area contributed by atoms with Crippen molar-refractivity contribution < 1.29 is 22.7 Å². The molecule has 21 heavy (non-hydrogen) atoms. The SMILES string of the molecule is COC(=O)C(N)CCC(C)Cc1ccc(C(F)(F)F)cc1. The molecule has 1 aromatic rings. The van der Waals surface area contributed by atoms with Gasteiger partial charge in [0.25, 0.3) is 0 Å². The van der Waals surface area contributed by atoms with E-state index in [-0.39, 0.29) is 5.92 Å². The lowest BCUT2D eigenvalue weighted by atomic mass is 9.94. The fourth-order valence-corrected chi connectivity index (χ4v) is 2.07. The van der Waals surface area contributed by atoms with Crippen LogP contribution < -0.4 is 5.73 Å². The predicted octanol–water partition coefficient (Wildman–Crippen LogP) is 3.16. The third-order valence-corrected chi connectivity index (χ3v) is 3.34. The fraction of sp³-hybridized carbons (Fsp3) is 0.533. The van der Waals surface area contributed by atoms with E-state index in [1.165, 1.54) is 19.2 Å². The molecule has 0 bridgehead atoms. The van der Waals surface area contributed by atoms with Gasteiger partial charge in [-0.25, -0.2) is 0 Å². The van der Waals surface area contributed by atoms with Crippen LogP contribution in [0.5, 0.6) is 0 Å². The summed E-state index contributed by atoms with van der Waals surface area (Å²) in [6.07, 6.45) is -2.46. The lowest BCUT2D eigenvalue weighted by Crippen LogP contribution is -2.31. The van der Waals surface area contributed by atoms with Crippen molar-refractivity contribution in [3.63, 3.8) is 0 Å². The molecule has 0 radical (unpaired) electrons. The largest absolute Gasteiger partial charge is 0.468 e. The third-order valence-electron chi connectivity index (χ3n) is 3.34. The Morgan fingerprint density at radius 3 is 2.29 bits per heavy atom. The van der Waals surface area contributed by atoms with Gasteiger partial charge in [0.2, 0.25) is 0 Å². The maximum Gasteiger partial charge on any atom is 0.416 e. The number of carbonyl (C=O) groups excluding carboxylic acids is 1. The van der Waals surface area contributed by atoms with Crippen LogP contribution in [-0.4, -0.2) is 19.1 Å². The zero-order valence-corrected chi connectivity index (χ0v) is 12.1. The smallest absolute Gasteiger partial charge is 0.416 e. The first-order valence-corrected chi connectivity index (χ1v) is 6.73. The number of halogens is 3. The number of benzene rings is 1. The number of rotatable bonds is 6. The van der Waals surface area contributed by atoms with Crippen molar-refractivity contribution in [1.29, 1.82) is 0 Å². The van der Waals surface area contributed by atoms with Gasteiger partial charge in [-0.05, 0) is 42.9 Å². The van der Waals surface area contributed by atoms with E-state index in [1.54, 1.807) is 0 Å². The molecule has 2 unspecified atom stereocenters. The highest BCUT2D eigenvalue weighted by Crippen LogP contribution is 2.29. The number of carbonyl (C=O) groups is 1. The average molecular weight is 303 g/mol. The zero-order chi connectivity index (χ0) is 16.0. The minimum Gasteiger partial charge on any atom is -0.468 e. The number of hydrogen-bond donors (Lipinski definition) is 1. The van der Waals surface area contributed by atoms with E-state index < -0.39 is 23.8 Å². The second-order valence-corrected chi connectivity index (χ2v) is 5.21. The second-order valence-electron chi connectivity index (χ2n) is 5.21. The molecule has 3 nitrogen and oxygen atoms in total. The molecule has 0 spiro atoms. The monoisotopic (exact) mass is 303 g/mol. The van der Waals surface area contributed by atoms with E-state index in [4.69, 9.17) is 5.73 Å². The molecular weight excluding hydrogens is 283 g/mol. The first kappa shape index (κ1) is 17.5. The Bertz CT molecular complexity index is 457. The van der Waals surface area contributed by atoms with Gasteiger partial charge in [-0.3, -0.25) is 4.79 Å². The molecule has 2 atom stereocenters. The Labute approximate surface area is 122 Å². The Balaban J connectivity index is 2.48. The summed E-state index contributed by atoms with van der Waals surface area (Å²) in [7, 11) is 1.29. The molecule has 0 aromatic heterocycles. The van der Waals surface area contributed by atoms with Crippen LogP contribution in [0.2, 0.25) is 0 Å². The van der Waals surface area contributed by atoms with Crippen LogP contribution in [-0.2, 0) is 22.1 Å². The summed E-state index contributed by atoms with van der Waals surface area (Å²) < 4.78 is 41.9. The minimum atomic E-state index is -4.31. The lowest BCUT2D eigenvalue weighted by molar-refractivity contribution is -0.142. The van der Waals surface area contributed by atoms with Crippen LogP contribution in [0.1, 0.15) is 30.9 Å². The van der Waals surface area contributed by atoms with Crippen molar-refractivity contribution in [2.75, 3.05) is 7.11 Å². The Hall–Kier alpha value is -1.56. The van der Waals surface area contributed by atoms with E-state index >= 15 is 0 Å². The van der Waals surface area contributed by atoms with Crippen molar-refractivity contribution in [1.82, 2.24) is 0 Å². The van der Waals surface area contributed by atoms with Crippen molar-refractivity contribution in [2.45, 2.75) is 38.4 Å². The fourth-order valence-electron chi connectivity index (χ4n) is 2.07. The van der Waals surface area contributed by atoms with Crippen molar-refractivity contribution >= 4 is 5.97 Å². The van der Waals surface area contributed by atoms with Crippen LogP contribution in [0.15, 0.2) is 24.3 Å². The van der Waals surface area contributed by atoms with Gasteiger partial charge in [-0.2, -0.15) is 13.2 Å². The van der Waals surface area contributed by atoms with Crippen LogP contribution in [0.3, 0.4) is 0 Å². The molecule has 0 saturated carbocycles. The molecule has 2 N–H and O–H groups in total.